The minimum Gasteiger partial charge on any atom is -0.303 e. The van der Waals surface area contributed by atoms with Gasteiger partial charge in [0.2, 0.25) is 0 Å². The van der Waals surface area contributed by atoms with Gasteiger partial charge in [-0.15, -0.1) is 0 Å². The molecule has 0 amide bonds. The molecule has 0 N–H and O–H groups in total. The van der Waals surface area contributed by atoms with E-state index in [1.54, 1.807) is 0 Å². The maximum Gasteiger partial charge on any atom is 0.0133 e. The molecule has 0 bridgehead atoms. The van der Waals surface area contributed by atoms with Crippen molar-refractivity contribution in [2.24, 2.45) is 11.8 Å². The summed E-state index contributed by atoms with van der Waals surface area (Å²) < 4.78 is 0. The number of rotatable bonds is 1. The molecule has 0 aromatic rings. The van der Waals surface area contributed by atoms with Crippen molar-refractivity contribution >= 4 is 0 Å². The number of hydrogen-bond donors (Lipinski definition) is 0. The van der Waals surface area contributed by atoms with E-state index in [0.717, 1.165) is 17.9 Å². The zero-order valence-corrected chi connectivity index (χ0v) is 8.42. The largest absolute Gasteiger partial charge is 0.303 e. The Balaban J connectivity index is 1.86. The van der Waals surface area contributed by atoms with Crippen molar-refractivity contribution in [1.82, 2.24) is 4.90 Å². The van der Waals surface area contributed by atoms with Crippen molar-refractivity contribution in [3.05, 3.63) is 0 Å². The highest BCUT2D eigenvalue weighted by Crippen LogP contribution is 2.36. The fourth-order valence-electron chi connectivity index (χ4n) is 2.96. The van der Waals surface area contributed by atoms with E-state index in [9.17, 15) is 0 Å². The molecule has 2 aliphatic rings. The van der Waals surface area contributed by atoms with Crippen molar-refractivity contribution in [3.8, 4) is 0 Å². The van der Waals surface area contributed by atoms with Crippen molar-refractivity contribution in [3.63, 3.8) is 0 Å². The van der Waals surface area contributed by atoms with Gasteiger partial charge in [-0.3, -0.25) is 0 Å². The highest BCUT2D eigenvalue weighted by molar-refractivity contribution is 4.88. The monoisotopic (exact) mass is 167 g/mol. The van der Waals surface area contributed by atoms with E-state index in [0.29, 0.717) is 0 Å². The molecule has 1 aliphatic carbocycles. The third-order valence-electron chi connectivity index (χ3n) is 3.86. The molecule has 1 saturated carbocycles. The Kier molecular flexibility index (Phi) is 2.40. The summed E-state index contributed by atoms with van der Waals surface area (Å²) in [5.41, 5.74) is 0. The first-order valence-electron chi connectivity index (χ1n) is 5.47. The Morgan fingerprint density at radius 1 is 1.17 bits per heavy atom. The van der Waals surface area contributed by atoms with Crippen LogP contribution in [0.1, 0.15) is 39.0 Å². The predicted octanol–water partition coefficient (Wildman–Crippen LogP) is 2.52. The van der Waals surface area contributed by atoms with Gasteiger partial charge in [-0.2, -0.15) is 0 Å². The average molecular weight is 167 g/mol. The van der Waals surface area contributed by atoms with Crippen molar-refractivity contribution in [2.75, 3.05) is 13.6 Å². The Bertz CT molecular complexity index is 155. The van der Waals surface area contributed by atoms with Gasteiger partial charge in [0, 0.05) is 6.04 Å². The summed E-state index contributed by atoms with van der Waals surface area (Å²) in [5, 5.41) is 0. The molecule has 0 spiro atoms. The maximum absolute atomic E-state index is 2.54. The molecule has 0 aromatic heterocycles. The zero-order valence-electron chi connectivity index (χ0n) is 8.42. The van der Waals surface area contributed by atoms with E-state index in [1.807, 2.05) is 0 Å². The van der Waals surface area contributed by atoms with Crippen LogP contribution in [0.5, 0.6) is 0 Å². The molecular weight excluding hydrogens is 146 g/mol. The molecule has 1 heterocycles. The summed E-state index contributed by atoms with van der Waals surface area (Å²) in [7, 11) is 2.29. The van der Waals surface area contributed by atoms with Gasteiger partial charge in [-0.25, -0.2) is 0 Å². The SMILES string of the molecule is CC1CCCC(C2CCN2C)C1. The van der Waals surface area contributed by atoms with Crippen LogP contribution >= 0.6 is 0 Å². The number of hydrogen-bond acceptors (Lipinski definition) is 1. The van der Waals surface area contributed by atoms with Crippen LogP contribution in [0.4, 0.5) is 0 Å². The zero-order chi connectivity index (χ0) is 8.55. The average Bonchev–Trinajstić information content (AvgIpc) is 2.02. The Hall–Kier alpha value is -0.0400. The van der Waals surface area contributed by atoms with Crippen LogP contribution in [0.25, 0.3) is 0 Å². The lowest BCUT2D eigenvalue weighted by Gasteiger charge is -2.45. The van der Waals surface area contributed by atoms with E-state index in [-0.39, 0.29) is 0 Å². The molecule has 1 saturated heterocycles. The second-order valence-electron chi connectivity index (χ2n) is 4.87. The summed E-state index contributed by atoms with van der Waals surface area (Å²) in [6, 6.07) is 0.952. The van der Waals surface area contributed by atoms with Gasteiger partial charge in [-0.1, -0.05) is 19.8 Å². The van der Waals surface area contributed by atoms with Gasteiger partial charge in [-0.05, 0) is 44.7 Å². The molecule has 3 atom stereocenters. The van der Waals surface area contributed by atoms with Gasteiger partial charge in [0.25, 0.3) is 0 Å². The molecule has 0 radical (unpaired) electrons. The van der Waals surface area contributed by atoms with Crippen molar-refractivity contribution in [2.45, 2.75) is 45.1 Å². The summed E-state index contributed by atoms with van der Waals surface area (Å²) in [5.74, 6) is 2.03. The molecule has 2 rings (SSSR count). The molecule has 12 heavy (non-hydrogen) atoms. The lowest BCUT2D eigenvalue weighted by atomic mass is 9.75. The van der Waals surface area contributed by atoms with Crippen molar-refractivity contribution in [1.29, 1.82) is 0 Å². The quantitative estimate of drug-likeness (QED) is 0.580. The molecular formula is C11H21N. The lowest BCUT2D eigenvalue weighted by molar-refractivity contribution is 0.0458. The van der Waals surface area contributed by atoms with Crippen LogP contribution in [-0.4, -0.2) is 24.5 Å². The molecule has 0 aromatic carbocycles. The highest BCUT2D eigenvalue weighted by Gasteiger charge is 2.33. The first-order chi connectivity index (χ1) is 5.77. The Morgan fingerprint density at radius 3 is 2.50 bits per heavy atom. The topological polar surface area (TPSA) is 3.24 Å². The van der Waals surface area contributed by atoms with Crippen molar-refractivity contribution < 1.29 is 0 Å². The van der Waals surface area contributed by atoms with Gasteiger partial charge >= 0.3 is 0 Å². The third kappa shape index (κ3) is 1.52. The van der Waals surface area contributed by atoms with Gasteiger partial charge in [0.1, 0.15) is 0 Å². The van der Waals surface area contributed by atoms with E-state index in [1.165, 1.54) is 38.6 Å². The van der Waals surface area contributed by atoms with Crippen LogP contribution in [0.2, 0.25) is 0 Å². The van der Waals surface area contributed by atoms with E-state index < -0.39 is 0 Å². The van der Waals surface area contributed by atoms with Crippen LogP contribution in [0.3, 0.4) is 0 Å². The van der Waals surface area contributed by atoms with Crippen LogP contribution in [-0.2, 0) is 0 Å². The third-order valence-corrected chi connectivity index (χ3v) is 3.86. The van der Waals surface area contributed by atoms with Crippen LogP contribution in [0, 0.1) is 11.8 Å². The lowest BCUT2D eigenvalue weighted by Crippen LogP contribution is -2.50. The molecule has 2 fully saturated rings. The molecule has 1 nitrogen and oxygen atoms in total. The summed E-state index contributed by atoms with van der Waals surface area (Å²) in [6.07, 6.45) is 7.42. The van der Waals surface area contributed by atoms with E-state index in [2.05, 4.69) is 18.9 Å². The minimum atomic E-state index is 0.952. The highest BCUT2D eigenvalue weighted by atomic mass is 15.2. The minimum absolute atomic E-state index is 0.952. The fourth-order valence-corrected chi connectivity index (χ4v) is 2.96. The smallest absolute Gasteiger partial charge is 0.0133 e. The maximum atomic E-state index is 2.54. The standard InChI is InChI=1S/C11H21N/c1-9-4-3-5-10(8-9)11-6-7-12(11)2/h9-11H,3-8H2,1-2H3. The number of likely N-dealkylation sites (tertiary alicyclic amines) is 1. The molecule has 3 unspecified atom stereocenters. The molecule has 70 valence electrons. The molecule has 1 aliphatic heterocycles. The first-order valence-corrected chi connectivity index (χ1v) is 5.47. The van der Waals surface area contributed by atoms with Crippen LogP contribution in [0.15, 0.2) is 0 Å². The summed E-state index contributed by atoms with van der Waals surface area (Å²) in [6.45, 7) is 3.76. The van der Waals surface area contributed by atoms with E-state index in [4.69, 9.17) is 0 Å². The summed E-state index contributed by atoms with van der Waals surface area (Å²) >= 11 is 0. The molecule has 1 heteroatoms. The second kappa shape index (κ2) is 3.37. The van der Waals surface area contributed by atoms with E-state index >= 15 is 0 Å². The number of nitrogens with zero attached hydrogens (tertiary/aromatic N) is 1. The fraction of sp³-hybridized carbons (Fsp3) is 1.00. The second-order valence-corrected chi connectivity index (χ2v) is 4.87. The first kappa shape index (κ1) is 8.55. The van der Waals surface area contributed by atoms with Gasteiger partial charge in [0.15, 0.2) is 0 Å². The predicted molar refractivity (Wildman–Crippen MR) is 52.2 cm³/mol. The Morgan fingerprint density at radius 2 is 2.00 bits per heavy atom. The Labute approximate surface area is 76.1 Å². The summed E-state index contributed by atoms with van der Waals surface area (Å²) in [4.78, 5) is 2.54. The normalized spacial score (nSPS) is 44.0. The van der Waals surface area contributed by atoms with Crippen LogP contribution < -0.4 is 0 Å². The van der Waals surface area contributed by atoms with Gasteiger partial charge < -0.3 is 4.90 Å². The van der Waals surface area contributed by atoms with Gasteiger partial charge in [0.05, 0.1) is 0 Å².